The first-order chi connectivity index (χ1) is 20.2. The molecule has 41 heavy (non-hydrogen) atoms. The van der Waals surface area contributed by atoms with Crippen molar-refractivity contribution in [1.82, 2.24) is 4.57 Å². The Bertz CT molecular complexity index is 2230. The Labute approximate surface area is 242 Å². The van der Waals surface area contributed by atoms with Crippen LogP contribution in [0.5, 0.6) is 0 Å². The quantitative estimate of drug-likeness (QED) is 0.177. The van der Waals surface area contributed by atoms with E-state index in [1.54, 1.807) is 11.8 Å². The highest BCUT2D eigenvalue weighted by Gasteiger charge is 2.15. The molecule has 0 aliphatic carbocycles. The molecule has 0 amide bonds. The molecule has 0 fully saturated rings. The fourth-order valence-electron chi connectivity index (χ4n) is 6.04. The molecule has 0 aliphatic heterocycles. The molecule has 8 rings (SSSR count). The number of hydrogen-bond acceptors (Lipinski definition) is 2. The monoisotopic (exact) mass is 542 g/mol. The van der Waals surface area contributed by atoms with Crippen molar-refractivity contribution >= 4 is 60.8 Å². The van der Waals surface area contributed by atoms with E-state index < -0.39 is 0 Å². The number of hydrogen-bond donors (Lipinski definition) is 1. The van der Waals surface area contributed by atoms with E-state index in [0.717, 1.165) is 10.6 Å². The van der Waals surface area contributed by atoms with Crippen LogP contribution in [0.2, 0.25) is 0 Å². The molecule has 0 saturated heterocycles. The van der Waals surface area contributed by atoms with Crippen molar-refractivity contribution in [2.75, 3.05) is 5.73 Å². The Hall–Kier alpha value is -4.99. The van der Waals surface area contributed by atoms with Gasteiger partial charge in [-0.15, -0.1) is 0 Å². The van der Waals surface area contributed by atoms with E-state index in [4.69, 9.17) is 5.73 Å². The van der Waals surface area contributed by atoms with Crippen LogP contribution in [0.25, 0.3) is 60.2 Å². The molecular formula is C38H26N2S. The highest BCUT2D eigenvalue weighted by Crippen LogP contribution is 2.42. The third kappa shape index (κ3) is 3.97. The van der Waals surface area contributed by atoms with E-state index in [-0.39, 0.29) is 0 Å². The SMILES string of the molecule is Nc1ccc2ccc3cc(-c4ccc5c(c4)c4ccccc4n5-c4ccccc4)ccc3c2c1Sc1ccccc1. The van der Waals surface area contributed by atoms with Gasteiger partial charge in [0.15, 0.2) is 0 Å². The highest BCUT2D eigenvalue weighted by molar-refractivity contribution is 7.99. The van der Waals surface area contributed by atoms with E-state index in [2.05, 4.69) is 138 Å². The Balaban J connectivity index is 1.29. The second-order valence-electron chi connectivity index (χ2n) is 10.4. The van der Waals surface area contributed by atoms with E-state index in [1.807, 2.05) is 12.1 Å². The standard InChI is InChI=1S/C38H26N2S/c39-34-21-18-25-15-16-28-23-26(17-20-31(28)37(25)38(34)41-30-11-5-2-6-12-30)27-19-22-36-33(24-27)32-13-7-8-14-35(32)40(36)29-9-3-1-4-10-29/h1-24H,39H2. The van der Waals surface area contributed by atoms with Crippen molar-refractivity contribution in [2.45, 2.75) is 9.79 Å². The number of aromatic nitrogens is 1. The molecule has 8 aromatic rings. The Morgan fingerprint density at radius 2 is 1.15 bits per heavy atom. The maximum atomic E-state index is 6.57. The minimum Gasteiger partial charge on any atom is -0.398 e. The summed E-state index contributed by atoms with van der Waals surface area (Å²) in [5.41, 5.74) is 13.4. The van der Waals surface area contributed by atoms with Crippen LogP contribution < -0.4 is 5.73 Å². The zero-order chi connectivity index (χ0) is 27.3. The van der Waals surface area contributed by atoms with Crippen LogP contribution in [-0.2, 0) is 0 Å². The molecule has 0 bridgehead atoms. The number of fused-ring (bicyclic) bond motifs is 6. The van der Waals surface area contributed by atoms with E-state index in [0.29, 0.717) is 0 Å². The molecule has 3 heteroatoms. The summed E-state index contributed by atoms with van der Waals surface area (Å²) in [7, 11) is 0. The minimum absolute atomic E-state index is 0.809. The third-order valence-corrected chi connectivity index (χ3v) is 9.12. The summed E-state index contributed by atoms with van der Waals surface area (Å²) >= 11 is 1.73. The summed E-state index contributed by atoms with van der Waals surface area (Å²) in [5.74, 6) is 0. The molecule has 0 radical (unpaired) electrons. The zero-order valence-corrected chi connectivity index (χ0v) is 23.1. The summed E-state index contributed by atoms with van der Waals surface area (Å²) in [6.45, 7) is 0. The molecule has 1 aromatic heterocycles. The lowest BCUT2D eigenvalue weighted by atomic mass is 9.96. The van der Waals surface area contributed by atoms with E-state index in [1.165, 1.54) is 65.1 Å². The van der Waals surface area contributed by atoms with E-state index in [9.17, 15) is 0 Å². The lowest BCUT2D eigenvalue weighted by molar-refractivity contribution is 1.18. The normalized spacial score (nSPS) is 11.6. The number of benzene rings is 7. The maximum absolute atomic E-state index is 6.57. The smallest absolute Gasteiger partial charge is 0.0541 e. The van der Waals surface area contributed by atoms with Gasteiger partial charge in [-0.3, -0.25) is 0 Å². The number of anilines is 1. The van der Waals surface area contributed by atoms with Crippen LogP contribution in [-0.4, -0.2) is 4.57 Å². The molecule has 0 unspecified atom stereocenters. The predicted octanol–water partition coefficient (Wildman–Crippen LogP) is 10.5. The van der Waals surface area contributed by atoms with Gasteiger partial charge in [-0.1, -0.05) is 103 Å². The summed E-state index contributed by atoms with van der Waals surface area (Å²) in [6.07, 6.45) is 0. The average molecular weight is 543 g/mol. The van der Waals surface area contributed by atoms with Gasteiger partial charge in [0.1, 0.15) is 0 Å². The number of para-hydroxylation sites is 2. The Morgan fingerprint density at radius 1 is 0.488 bits per heavy atom. The second kappa shape index (κ2) is 9.58. The van der Waals surface area contributed by atoms with Crippen molar-refractivity contribution in [2.24, 2.45) is 0 Å². The van der Waals surface area contributed by atoms with Crippen molar-refractivity contribution in [1.29, 1.82) is 0 Å². The summed E-state index contributed by atoms with van der Waals surface area (Å²) in [5, 5.41) is 7.37. The fourth-order valence-corrected chi connectivity index (χ4v) is 7.09. The van der Waals surface area contributed by atoms with Crippen molar-refractivity contribution in [3.8, 4) is 16.8 Å². The molecule has 2 N–H and O–H groups in total. The fraction of sp³-hybridized carbons (Fsp3) is 0. The zero-order valence-electron chi connectivity index (χ0n) is 22.3. The van der Waals surface area contributed by atoms with Crippen LogP contribution in [0.15, 0.2) is 155 Å². The summed E-state index contributed by atoms with van der Waals surface area (Å²) < 4.78 is 2.36. The Kier molecular flexibility index (Phi) is 5.58. The van der Waals surface area contributed by atoms with Gasteiger partial charge in [0.05, 0.1) is 11.0 Å². The lowest BCUT2D eigenvalue weighted by Gasteiger charge is -2.14. The first-order valence-electron chi connectivity index (χ1n) is 13.8. The largest absolute Gasteiger partial charge is 0.398 e. The van der Waals surface area contributed by atoms with Gasteiger partial charge >= 0.3 is 0 Å². The van der Waals surface area contributed by atoms with Gasteiger partial charge < -0.3 is 10.3 Å². The molecule has 0 aliphatic rings. The van der Waals surface area contributed by atoms with Gasteiger partial charge in [-0.2, -0.15) is 0 Å². The van der Waals surface area contributed by atoms with Gasteiger partial charge in [0, 0.05) is 37.3 Å². The van der Waals surface area contributed by atoms with Crippen LogP contribution >= 0.6 is 11.8 Å². The summed E-state index contributed by atoms with van der Waals surface area (Å²) in [6, 6.07) is 52.0. The van der Waals surface area contributed by atoms with E-state index >= 15 is 0 Å². The number of rotatable bonds is 4. The van der Waals surface area contributed by atoms with Crippen molar-refractivity contribution < 1.29 is 0 Å². The molecule has 2 nitrogen and oxygen atoms in total. The van der Waals surface area contributed by atoms with Crippen LogP contribution in [0.1, 0.15) is 0 Å². The van der Waals surface area contributed by atoms with Crippen LogP contribution in [0.4, 0.5) is 5.69 Å². The van der Waals surface area contributed by atoms with Crippen molar-refractivity contribution in [3.63, 3.8) is 0 Å². The number of nitrogens with two attached hydrogens (primary N) is 1. The molecule has 0 saturated carbocycles. The van der Waals surface area contributed by atoms with Crippen LogP contribution in [0.3, 0.4) is 0 Å². The number of nitrogens with zero attached hydrogens (tertiary/aromatic N) is 1. The molecular weight excluding hydrogens is 516 g/mol. The Morgan fingerprint density at radius 3 is 2.00 bits per heavy atom. The lowest BCUT2D eigenvalue weighted by Crippen LogP contribution is -1.92. The van der Waals surface area contributed by atoms with Crippen molar-refractivity contribution in [3.05, 3.63) is 146 Å². The minimum atomic E-state index is 0.809. The molecule has 0 spiro atoms. The van der Waals surface area contributed by atoms with Gasteiger partial charge in [-0.25, -0.2) is 0 Å². The first kappa shape index (κ1) is 23.9. The maximum Gasteiger partial charge on any atom is 0.0541 e. The predicted molar refractivity (Wildman–Crippen MR) is 176 cm³/mol. The van der Waals surface area contributed by atoms with Crippen LogP contribution in [0, 0.1) is 0 Å². The average Bonchev–Trinajstić information content (AvgIpc) is 3.36. The van der Waals surface area contributed by atoms with Gasteiger partial charge in [0.2, 0.25) is 0 Å². The molecule has 1 heterocycles. The highest BCUT2D eigenvalue weighted by atomic mass is 32.2. The van der Waals surface area contributed by atoms with Gasteiger partial charge in [-0.05, 0) is 81.9 Å². The first-order valence-corrected chi connectivity index (χ1v) is 14.6. The molecule has 7 aromatic carbocycles. The topological polar surface area (TPSA) is 30.9 Å². The van der Waals surface area contributed by atoms with Gasteiger partial charge in [0.25, 0.3) is 0 Å². The number of nitrogen functional groups attached to an aromatic ring is 1. The second-order valence-corrected chi connectivity index (χ2v) is 11.5. The third-order valence-electron chi connectivity index (χ3n) is 7.97. The summed E-state index contributed by atoms with van der Waals surface area (Å²) in [4.78, 5) is 2.30. The molecule has 0 atom stereocenters. The molecule has 194 valence electrons.